The lowest BCUT2D eigenvalue weighted by Crippen LogP contribution is -2.41. The zero-order valence-corrected chi connectivity index (χ0v) is 12.1. The smallest absolute Gasteiger partial charge is 0.219 e. The number of nitrogens with zero attached hydrogens (tertiary/aromatic N) is 4. The van der Waals surface area contributed by atoms with E-state index in [1.807, 2.05) is 35.5 Å². The van der Waals surface area contributed by atoms with E-state index in [2.05, 4.69) is 15.4 Å². The van der Waals surface area contributed by atoms with Crippen molar-refractivity contribution >= 4 is 11.6 Å². The molecule has 6 heteroatoms. The van der Waals surface area contributed by atoms with E-state index in [0.29, 0.717) is 6.04 Å². The Morgan fingerprint density at radius 1 is 1.33 bits per heavy atom. The molecule has 110 valence electrons. The molecule has 2 aromatic rings. The zero-order chi connectivity index (χ0) is 14.7. The second kappa shape index (κ2) is 5.95. The first kappa shape index (κ1) is 13.6. The largest absolute Gasteiger partial charge is 0.381 e. The first-order valence-corrected chi connectivity index (χ1v) is 7.20. The molecule has 0 aromatic carbocycles. The van der Waals surface area contributed by atoms with E-state index in [-0.39, 0.29) is 5.91 Å². The molecule has 1 aliphatic rings. The topological polar surface area (TPSA) is 63.1 Å². The van der Waals surface area contributed by atoms with Gasteiger partial charge in [-0.05, 0) is 31.0 Å². The molecule has 3 rings (SSSR count). The molecule has 1 amide bonds. The van der Waals surface area contributed by atoms with E-state index in [9.17, 15) is 4.79 Å². The summed E-state index contributed by atoms with van der Waals surface area (Å²) in [7, 11) is 0. The number of amides is 1. The lowest BCUT2D eigenvalue weighted by atomic mass is 10.0. The number of carbonyl (C=O) groups excluding carboxylic acids is 1. The van der Waals surface area contributed by atoms with Gasteiger partial charge in [-0.1, -0.05) is 0 Å². The van der Waals surface area contributed by atoms with E-state index in [4.69, 9.17) is 0 Å². The molecule has 0 atom stereocenters. The fourth-order valence-corrected chi connectivity index (χ4v) is 2.59. The number of carbonyl (C=O) groups is 1. The third kappa shape index (κ3) is 3.21. The Kier molecular flexibility index (Phi) is 3.85. The van der Waals surface area contributed by atoms with Gasteiger partial charge >= 0.3 is 0 Å². The van der Waals surface area contributed by atoms with Crippen LogP contribution >= 0.6 is 0 Å². The van der Waals surface area contributed by atoms with Crippen molar-refractivity contribution in [1.29, 1.82) is 0 Å². The molecule has 0 saturated carbocycles. The molecule has 6 nitrogen and oxygen atoms in total. The van der Waals surface area contributed by atoms with E-state index in [1.165, 1.54) is 0 Å². The summed E-state index contributed by atoms with van der Waals surface area (Å²) in [6, 6.07) is 6.23. The standard InChI is InChI=1S/C15H19N5O/c1-12(21)19-9-5-13(6-10-19)18-14-3-4-15(16-11-14)20-8-2-7-17-20/h2-4,7-8,11,13,18H,5-6,9-10H2,1H3. The van der Waals surface area contributed by atoms with Gasteiger partial charge in [0.1, 0.15) is 0 Å². The maximum atomic E-state index is 11.3. The Balaban J connectivity index is 1.58. The highest BCUT2D eigenvalue weighted by atomic mass is 16.2. The average molecular weight is 285 g/mol. The predicted octanol–water partition coefficient (Wildman–Crippen LogP) is 1.69. The van der Waals surface area contributed by atoms with Gasteiger partial charge in [-0.25, -0.2) is 9.67 Å². The molecule has 21 heavy (non-hydrogen) atoms. The van der Waals surface area contributed by atoms with Crippen molar-refractivity contribution in [3.8, 4) is 5.82 Å². The quantitative estimate of drug-likeness (QED) is 0.932. The van der Waals surface area contributed by atoms with Gasteiger partial charge in [0, 0.05) is 38.4 Å². The van der Waals surface area contributed by atoms with Crippen molar-refractivity contribution < 1.29 is 4.79 Å². The van der Waals surface area contributed by atoms with Crippen LogP contribution in [0.1, 0.15) is 19.8 Å². The third-order valence-electron chi connectivity index (χ3n) is 3.80. The minimum absolute atomic E-state index is 0.165. The van der Waals surface area contributed by atoms with Crippen molar-refractivity contribution in [3.63, 3.8) is 0 Å². The molecule has 0 spiro atoms. The maximum Gasteiger partial charge on any atom is 0.219 e. The Labute approximate surface area is 123 Å². The molecule has 0 aliphatic carbocycles. The van der Waals surface area contributed by atoms with Gasteiger partial charge in [-0.3, -0.25) is 4.79 Å². The van der Waals surface area contributed by atoms with Crippen molar-refractivity contribution in [3.05, 3.63) is 36.8 Å². The summed E-state index contributed by atoms with van der Waals surface area (Å²) < 4.78 is 1.73. The van der Waals surface area contributed by atoms with Crippen LogP contribution in [0.5, 0.6) is 0 Å². The normalized spacial score (nSPS) is 16.0. The first-order chi connectivity index (χ1) is 10.2. The van der Waals surface area contributed by atoms with E-state index < -0.39 is 0 Å². The number of hydrogen-bond acceptors (Lipinski definition) is 4. The SMILES string of the molecule is CC(=O)N1CCC(Nc2ccc(-n3cccn3)nc2)CC1. The molecule has 3 heterocycles. The summed E-state index contributed by atoms with van der Waals surface area (Å²) in [4.78, 5) is 17.6. The first-order valence-electron chi connectivity index (χ1n) is 7.20. The van der Waals surface area contributed by atoms with Crippen LogP contribution < -0.4 is 5.32 Å². The Morgan fingerprint density at radius 3 is 2.71 bits per heavy atom. The Hall–Kier alpha value is -2.37. The van der Waals surface area contributed by atoms with E-state index >= 15 is 0 Å². The Bertz CT molecular complexity index is 585. The molecule has 2 aromatic heterocycles. The number of likely N-dealkylation sites (tertiary alicyclic amines) is 1. The van der Waals surface area contributed by atoms with Crippen molar-refractivity contribution in [2.75, 3.05) is 18.4 Å². The van der Waals surface area contributed by atoms with Crippen molar-refractivity contribution in [2.24, 2.45) is 0 Å². The molecule has 0 unspecified atom stereocenters. The van der Waals surface area contributed by atoms with Gasteiger partial charge < -0.3 is 10.2 Å². The summed E-state index contributed by atoms with van der Waals surface area (Å²) in [5.41, 5.74) is 1.01. The predicted molar refractivity (Wildman–Crippen MR) is 80.3 cm³/mol. The fraction of sp³-hybridized carbons (Fsp3) is 0.400. The number of aromatic nitrogens is 3. The summed E-state index contributed by atoms with van der Waals surface area (Å²) in [6.07, 6.45) is 7.37. The highest BCUT2D eigenvalue weighted by molar-refractivity contribution is 5.73. The summed E-state index contributed by atoms with van der Waals surface area (Å²) in [5, 5.41) is 7.64. The van der Waals surface area contributed by atoms with Crippen molar-refractivity contribution in [1.82, 2.24) is 19.7 Å². The van der Waals surface area contributed by atoms with E-state index in [1.54, 1.807) is 17.8 Å². The summed E-state index contributed by atoms with van der Waals surface area (Å²) in [6.45, 7) is 3.28. The monoisotopic (exact) mass is 285 g/mol. The van der Waals surface area contributed by atoms with Crippen LogP contribution in [0.25, 0.3) is 5.82 Å². The van der Waals surface area contributed by atoms with Crippen LogP contribution in [0.4, 0.5) is 5.69 Å². The van der Waals surface area contributed by atoms with Crippen molar-refractivity contribution in [2.45, 2.75) is 25.8 Å². The van der Waals surface area contributed by atoms with Gasteiger partial charge in [-0.15, -0.1) is 0 Å². The second-order valence-corrected chi connectivity index (χ2v) is 5.28. The fourth-order valence-electron chi connectivity index (χ4n) is 2.59. The van der Waals surface area contributed by atoms with Crippen LogP contribution in [0.3, 0.4) is 0 Å². The third-order valence-corrected chi connectivity index (χ3v) is 3.80. The molecular weight excluding hydrogens is 266 g/mol. The Morgan fingerprint density at radius 2 is 2.14 bits per heavy atom. The van der Waals surface area contributed by atoms with Gasteiger partial charge in [0.05, 0.1) is 11.9 Å². The van der Waals surface area contributed by atoms with Crippen LogP contribution in [0, 0.1) is 0 Å². The average Bonchev–Trinajstić information content (AvgIpc) is 3.03. The zero-order valence-electron chi connectivity index (χ0n) is 12.1. The van der Waals surface area contributed by atoms with Crippen LogP contribution in [-0.2, 0) is 4.79 Å². The molecule has 1 fully saturated rings. The minimum atomic E-state index is 0.165. The van der Waals surface area contributed by atoms with Gasteiger partial charge in [-0.2, -0.15) is 5.10 Å². The lowest BCUT2D eigenvalue weighted by Gasteiger charge is -2.32. The minimum Gasteiger partial charge on any atom is -0.381 e. The number of hydrogen-bond donors (Lipinski definition) is 1. The second-order valence-electron chi connectivity index (χ2n) is 5.28. The maximum absolute atomic E-state index is 11.3. The summed E-state index contributed by atoms with van der Waals surface area (Å²) in [5.74, 6) is 0.968. The van der Waals surface area contributed by atoms with Crippen LogP contribution in [0.15, 0.2) is 36.8 Å². The lowest BCUT2D eigenvalue weighted by molar-refractivity contribution is -0.129. The van der Waals surface area contributed by atoms with Crippen LogP contribution in [0.2, 0.25) is 0 Å². The molecule has 0 bridgehead atoms. The van der Waals surface area contributed by atoms with Gasteiger partial charge in [0.25, 0.3) is 0 Å². The van der Waals surface area contributed by atoms with Gasteiger partial charge in [0.2, 0.25) is 5.91 Å². The number of pyridine rings is 1. The highest BCUT2D eigenvalue weighted by Crippen LogP contribution is 2.17. The number of piperidine rings is 1. The highest BCUT2D eigenvalue weighted by Gasteiger charge is 2.20. The number of anilines is 1. The number of rotatable bonds is 3. The summed E-state index contributed by atoms with van der Waals surface area (Å²) >= 11 is 0. The van der Waals surface area contributed by atoms with Gasteiger partial charge in [0.15, 0.2) is 5.82 Å². The number of nitrogens with one attached hydrogen (secondary N) is 1. The molecular formula is C15H19N5O. The van der Waals surface area contributed by atoms with Crippen LogP contribution in [-0.4, -0.2) is 44.7 Å². The molecule has 1 N–H and O–H groups in total. The van der Waals surface area contributed by atoms with E-state index in [0.717, 1.165) is 37.4 Å². The molecule has 0 radical (unpaired) electrons. The molecule has 1 saturated heterocycles. The molecule has 1 aliphatic heterocycles.